The van der Waals surface area contributed by atoms with Crippen LogP contribution in [-0.2, 0) is 13.0 Å². The molecule has 0 saturated carbocycles. The molecule has 0 amide bonds. The molecule has 19 heavy (non-hydrogen) atoms. The van der Waals surface area contributed by atoms with Gasteiger partial charge in [-0.05, 0) is 49.6 Å². The highest BCUT2D eigenvalue weighted by atomic mass is 79.9. The zero-order chi connectivity index (χ0) is 13.7. The second kappa shape index (κ2) is 6.88. The Morgan fingerprint density at radius 3 is 2.58 bits per heavy atom. The Labute approximate surface area is 124 Å². The molecule has 0 saturated heterocycles. The van der Waals surface area contributed by atoms with Crippen LogP contribution in [0, 0.1) is 13.8 Å². The van der Waals surface area contributed by atoms with E-state index >= 15 is 0 Å². The van der Waals surface area contributed by atoms with Gasteiger partial charge >= 0.3 is 0 Å². The maximum atomic E-state index is 3.53. The first kappa shape index (κ1) is 14.3. The predicted octanol–water partition coefficient (Wildman–Crippen LogP) is 4.40. The van der Waals surface area contributed by atoms with Crippen LogP contribution in [0.4, 0.5) is 0 Å². The Morgan fingerprint density at radius 1 is 1.00 bits per heavy atom. The van der Waals surface area contributed by atoms with Gasteiger partial charge in [-0.25, -0.2) is 0 Å². The summed E-state index contributed by atoms with van der Waals surface area (Å²) in [6.45, 7) is 6.21. The van der Waals surface area contributed by atoms with Crippen molar-refractivity contribution in [1.29, 1.82) is 0 Å². The maximum absolute atomic E-state index is 3.53. The van der Waals surface area contributed by atoms with E-state index in [2.05, 4.69) is 77.6 Å². The fraction of sp³-hybridized carbons (Fsp3) is 0.294. The molecule has 2 heteroatoms. The summed E-state index contributed by atoms with van der Waals surface area (Å²) in [6, 6.07) is 15.2. The molecule has 100 valence electrons. The number of rotatable bonds is 5. The van der Waals surface area contributed by atoms with Gasteiger partial charge in [0.15, 0.2) is 0 Å². The molecule has 0 aromatic heterocycles. The highest BCUT2D eigenvalue weighted by molar-refractivity contribution is 9.10. The fourth-order valence-electron chi connectivity index (χ4n) is 2.15. The number of hydrogen-bond donors (Lipinski definition) is 1. The number of halogens is 1. The highest BCUT2D eigenvalue weighted by Crippen LogP contribution is 2.16. The smallest absolute Gasteiger partial charge is 0.0205 e. The van der Waals surface area contributed by atoms with Gasteiger partial charge in [0, 0.05) is 11.0 Å². The van der Waals surface area contributed by atoms with Crippen molar-refractivity contribution in [2.75, 3.05) is 6.54 Å². The average molecular weight is 318 g/mol. The van der Waals surface area contributed by atoms with E-state index in [1.165, 1.54) is 26.7 Å². The highest BCUT2D eigenvalue weighted by Gasteiger charge is 1.98. The minimum absolute atomic E-state index is 0.930. The van der Waals surface area contributed by atoms with E-state index in [0.717, 1.165) is 19.5 Å². The molecule has 0 spiro atoms. The van der Waals surface area contributed by atoms with Crippen LogP contribution < -0.4 is 5.32 Å². The van der Waals surface area contributed by atoms with E-state index < -0.39 is 0 Å². The van der Waals surface area contributed by atoms with Gasteiger partial charge in [0.2, 0.25) is 0 Å². The van der Waals surface area contributed by atoms with Crippen molar-refractivity contribution in [2.45, 2.75) is 26.8 Å². The van der Waals surface area contributed by atoms with E-state index in [0.29, 0.717) is 0 Å². The molecule has 0 bridgehead atoms. The monoisotopic (exact) mass is 317 g/mol. The van der Waals surface area contributed by atoms with E-state index in [9.17, 15) is 0 Å². The molecule has 2 aromatic carbocycles. The molecular weight excluding hydrogens is 298 g/mol. The first-order chi connectivity index (χ1) is 9.15. The lowest BCUT2D eigenvalue weighted by molar-refractivity contribution is 0.686. The normalized spacial score (nSPS) is 10.7. The molecule has 0 aliphatic carbocycles. The van der Waals surface area contributed by atoms with Gasteiger partial charge < -0.3 is 5.32 Å². The topological polar surface area (TPSA) is 12.0 Å². The van der Waals surface area contributed by atoms with Crippen molar-refractivity contribution >= 4 is 15.9 Å². The van der Waals surface area contributed by atoms with Gasteiger partial charge in [-0.15, -0.1) is 0 Å². The first-order valence-electron chi connectivity index (χ1n) is 6.66. The summed E-state index contributed by atoms with van der Waals surface area (Å²) in [5.74, 6) is 0. The van der Waals surface area contributed by atoms with Crippen LogP contribution >= 0.6 is 15.9 Å². The number of benzene rings is 2. The van der Waals surface area contributed by atoms with E-state index in [-0.39, 0.29) is 0 Å². The van der Waals surface area contributed by atoms with Crippen LogP contribution in [0.2, 0.25) is 0 Å². The third kappa shape index (κ3) is 4.48. The molecule has 2 rings (SSSR count). The number of nitrogens with one attached hydrogen (secondary N) is 1. The molecule has 0 aliphatic rings. The van der Waals surface area contributed by atoms with Crippen molar-refractivity contribution in [3.05, 3.63) is 69.2 Å². The van der Waals surface area contributed by atoms with Crippen molar-refractivity contribution < 1.29 is 0 Å². The SMILES string of the molecule is Cc1cccc(CCNCc2ccc(Br)c(C)c2)c1. The van der Waals surface area contributed by atoms with Crippen molar-refractivity contribution in [1.82, 2.24) is 5.32 Å². The molecule has 0 unspecified atom stereocenters. The van der Waals surface area contributed by atoms with Gasteiger partial charge in [-0.1, -0.05) is 57.9 Å². The Bertz CT molecular complexity index is 549. The van der Waals surface area contributed by atoms with Gasteiger partial charge in [0.05, 0.1) is 0 Å². The van der Waals surface area contributed by atoms with E-state index in [4.69, 9.17) is 0 Å². The lowest BCUT2D eigenvalue weighted by Gasteiger charge is -2.07. The second-order valence-electron chi connectivity index (χ2n) is 5.00. The average Bonchev–Trinajstić information content (AvgIpc) is 2.39. The minimum Gasteiger partial charge on any atom is -0.312 e. The summed E-state index contributed by atoms with van der Waals surface area (Å²) < 4.78 is 1.18. The van der Waals surface area contributed by atoms with Gasteiger partial charge in [0.1, 0.15) is 0 Å². The summed E-state index contributed by atoms with van der Waals surface area (Å²) in [4.78, 5) is 0. The van der Waals surface area contributed by atoms with E-state index in [1.54, 1.807) is 0 Å². The number of hydrogen-bond acceptors (Lipinski definition) is 1. The zero-order valence-corrected chi connectivity index (χ0v) is 13.1. The fourth-order valence-corrected chi connectivity index (χ4v) is 2.40. The first-order valence-corrected chi connectivity index (χ1v) is 7.46. The molecule has 0 heterocycles. The minimum atomic E-state index is 0.930. The van der Waals surface area contributed by atoms with Crippen LogP contribution in [-0.4, -0.2) is 6.54 Å². The molecule has 0 fully saturated rings. The molecule has 1 nitrogen and oxygen atoms in total. The summed E-state index contributed by atoms with van der Waals surface area (Å²) in [5, 5.41) is 3.50. The third-order valence-electron chi connectivity index (χ3n) is 3.22. The summed E-state index contributed by atoms with van der Waals surface area (Å²) in [7, 11) is 0. The largest absolute Gasteiger partial charge is 0.312 e. The third-order valence-corrected chi connectivity index (χ3v) is 4.11. The molecule has 1 N–H and O–H groups in total. The molecule has 0 atom stereocenters. The second-order valence-corrected chi connectivity index (χ2v) is 5.85. The lowest BCUT2D eigenvalue weighted by atomic mass is 10.1. The van der Waals surface area contributed by atoms with Crippen molar-refractivity contribution in [3.8, 4) is 0 Å². The molecule has 2 aromatic rings. The molecule has 0 radical (unpaired) electrons. The quantitative estimate of drug-likeness (QED) is 0.806. The summed E-state index contributed by atoms with van der Waals surface area (Å²) in [5.41, 5.74) is 5.36. The van der Waals surface area contributed by atoms with Crippen LogP contribution in [0.5, 0.6) is 0 Å². The van der Waals surface area contributed by atoms with Crippen LogP contribution in [0.3, 0.4) is 0 Å². The van der Waals surface area contributed by atoms with Gasteiger partial charge in [-0.2, -0.15) is 0 Å². The van der Waals surface area contributed by atoms with Crippen LogP contribution in [0.1, 0.15) is 22.3 Å². The Hall–Kier alpha value is -1.12. The molecule has 0 aliphatic heterocycles. The molecular formula is C17H20BrN. The van der Waals surface area contributed by atoms with Gasteiger partial charge in [-0.3, -0.25) is 0 Å². The summed E-state index contributed by atoms with van der Waals surface area (Å²) in [6.07, 6.45) is 1.08. The van der Waals surface area contributed by atoms with E-state index in [1.807, 2.05) is 0 Å². The zero-order valence-electron chi connectivity index (χ0n) is 11.5. The van der Waals surface area contributed by atoms with Crippen molar-refractivity contribution in [2.24, 2.45) is 0 Å². The van der Waals surface area contributed by atoms with Gasteiger partial charge in [0.25, 0.3) is 0 Å². The van der Waals surface area contributed by atoms with Crippen LogP contribution in [0.15, 0.2) is 46.9 Å². The summed E-state index contributed by atoms with van der Waals surface area (Å²) >= 11 is 3.53. The standard InChI is InChI=1S/C17H20BrN/c1-13-4-3-5-15(10-13)8-9-19-12-16-6-7-17(18)14(2)11-16/h3-7,10-11,19H,8-9,12H2,1-2H3. The predicted molar refractivity (Wildman–Crippen MR) is 85.5 cm³/mol. The Morgan fingerprint density at radius 2 is 1.84 bits per heavy atom. The Kier molecular flexibility index (Phi) is 5.17. The van der Waals surface area contributed by atoms with Crippen molar-refractivity contribution in [3.63, 3.8) is 0 Å². The number of aryl methyl sites for hydroxylation is 2. The Balaban J connectivity index is 1.79. The maximum Gasteiger partial charge on any atom is 0.0205 e. The lowest BCUT2D eigenvalue weighted by Crippen LogP contribution is -2.16. The van der Waals surface area contributed by atoms with Crippen LogP contribution in [0.25, 0.3) is 0 Å².